The highest BCUT2D eigenvalue weighted by atomic mass is 35.5. The number of ether oxygens (including phenoxy) is 2. The maximum atomic E-state index is 13.6. The molecule has 42 heavy (non-hydrogen) atoms. The molecule has 0 saturated heterocycles. The van der Waals surface area contributed by atoms with Crippen LogP contribution < -0.4 is 15.0 Å². The normalized spacial score (nSPS) is 11.4. The standard InChI is InChI=1S/C31H21ClN4O6/c1-40-27-15-20(14-25(36(38)39)29(27)41-18-19-10-12-22(32)13-11-19)17-33-35-30(28-16-21-6-2-5-9-26(21)42-28)34-24-8-4-3-7-23(24)31(35)37/h2-17H,18H2,1H3. The van der Waals surface area contributed by atoms with Crippen molar-refractivity contribution in [3.63, 3.8) is 0 Å². The molecule has 0 aliphatic rings. The summed E-state index contributed by atoms with van der Waals surface area (Å²) in [6, 6.07) is 25.9. The zero-order valence-electron chi connectivity index (χ0n) is 22.1. The van der Waals surface area contributed by atoms with E-state index in [0.717, 1.165) is 15.6 Å². The molecule has 11 heteroatoms. The third-order valence-corrected chi connectivity index (χ3v) is 6.74. The minimum Gasteiger partial charge on any atom is -0.493 e. The molecule has 0 spiro atoms. The van der Waals surface area contributed by atoms with Gasteiger partial charge in [0, 0.05) is 22.0 Å². The Morgan fingerprint density at radius 3 is 2.57 bits per heavy atom. The average Bonchev–Trinajstić information content (AvgIpc) is 3.44. The van der Waals surface area contributed by atoms with Gasteiger partial charge in [0.05, 0.1) is 29.2 Å². The van der Waals surface area contributed by atoms with Crippen LogP contribution in [-0.2, 0) is 6.61 Å². The summed E-state index contributed by atoms with van der Waals surface area (Å²) >= 11 is 5.94. The van der Waals surface area contributed by atoms with Gasteiger partial charge in [0.2, 0.25) is 11.6 Å². The largest absolute Gasteiger partial charge is 0.493 e. The molecule has 6 rings (SSSR count). The Kier molecular flexibility index (Phi) is 7.12. The van der Waals surface area contributed by atoms with Crippen molar-refractivity contribution in [1.29, 1.82) is 0 Å². The molecule has 10 nitrogen and oxygen atoms in total. The van der Waals surface area contributed by atoms with Gasteiger partial charge in [0.25, 0.3) is 5.56 Å². The lowest BCUT2D eigenvalue weighted by atomic mass is 10.1. The Hall–Kier alpha value is -5.48. The lowest BCUT2D eigenvalue weighted by molar-refractivity contribution is -0.386. The van der Waals surface area contributed by atoms with Crippen LogP contribution in [0.3, 0.4) is 0 Å². The van der Waals surface area contributed by atoms with Gasteiger partial charge in [-0.15, -0.1) is 0 Å². The third-order valence-electron chi connectivity index (χ3n) is 6.49. The zero-order valence-corrected chi connectivity index (χ0v) is 22.8. The monoisotopic (exact) mass is 580 g/mol. The van der Waals surface area contributed by atoms with Crippen molar-refractivity contribution in [3.8, 4) is 23.1 Å². The molecule has 0 radical (unpaired) electrons. The fourth-order valence-corrected chi connectivity index (χ4v) is 4.58. The summed E-state index contributed by atoms with van der Waals surface area (Å²) in [7, 11) is 1.38. The van der Waals surface area contributed by atoms with Crippen LogP contribution >= 0.6 is 11.6 Å². The first-order chi connectivity index (χ1) is 20.4. The summed E-state index contributed by atoms with van der Waals surface area (Å²) in [6.07, 6.45) is 1.32. The molecule has 0 N–H and O–H groups in total. The molecule has 0 aliphatic carbocycles. The van der Waals surface area contributed by atoms with Crippen molar-refractivity contribution in [1.82, 2.24) is 9.66 Å². The molecular formula is C31H21ClN4O6. The zero-order chi connectivity index (χ0) is 29.2. The minimum atomic E-state index is -0.569. The predicted molar refractivity (Wildman–Crippen MR) is 160 cm³/mol. The van der Waals surface area contributed by atoms with Crippen molar-refractivity contribution in [2.24, 2.45) is 5.10 Å². The van der Waals surface area contributed by atoms with E-state index in [1.165, 1.54) is 25.5 Å². The number of nitro benzene ring substituents is 1. The maximum absolute atomic E-state index is 13.6. The first-order valence-electron chi connectivity index (χ1n) is 12.7. The van der Waals surface area contributed by atoms with E-state index in [0.29, 0.717) is 32.8 Å². The Morgan fingerprint density at radius 1 is 1.05 bits per heavy atom. The van der Waals surface area contributed by atoms with Gasteiger partial charge in [-0.05, 0) is 48.0 Å². The Bertz CT molecular complexity index is 2020. The number of fused-ring (bicyclic) bond motifs is 2. The number of nitrogens with zero attached hydrogens (tertiary/aromatic N) is 4. The molecule has 4 aromatic carbocycles. The number of aromatic nitrogens is 2. The number of rotatable bonds is 8. The van der Waals surface area contributed by atoms with Crippen LogP contribution in [0.2, 0.25) is 5.02 Å². The van der Waals surface area contributed by atoms with Crippen LogP contribution in [-0.4, -0.2) is 27.9 Å². The number of benzene rings is 4. The molecule has 0 bridgehead atoms. The van der Waals surface area contributed by atoms with E-state index in [9.17, 15) is 14.9 Å². The van der Waals surface area contributed by atoms with E-state index >= 15 is 0 Å². The van der Waals surface area contributed by atoms with Gasteiger partial charge < -0.3 is 13.9 Å². The van der Waals surface area contributed by atoms with Crippen molar-refractivity contribution in [3.05, 3.63) is 128 Å². The topological polar surface area (TPSA) is 122 Å². The highest BCUT2D eigenvalue weighted by Crippen LogP contribution is 2.38. The van der Waals surface area contributed by atoms with Crippen molar-refractivity contribution in [2.45, 2.75) is 6.61 Å². The van der Waals surface area contributed by atoms with Gasteiger partial charge in [0.15, 0.2) is 11.5 Å². The van der Waals surface area contributed by atoms with E-state index in [1.807, 2.05) is 24.3 Å². The maximum Gasteiger partial charge on any atom is 0.315 e. The quantitative estimate of drug-likeness (QED) is 0.110. The molecule has 0 aliphatic heterocycles. The van der Waals surface area contributed by atoms with Crippen LogP contribution in [0.1, 0.15) is 11.1 Å². The third kappa shape index (κ3) is 5.18. The van der Waals surface area contributed by atoms with Crippen LogP contribution in [0, 0.1) is 10.1 Å². The number of halogens is 1. The van der Waals surface area contributed by atoms with Crippen LogP contribution in [0.15, 0.2) is 105 Å². The first-order valence-corrected chi connectivity index (χ1v) is 13.1. The van der Waals surface area contributed by atoms with Crippen LogP contribution in [0.4, 0.5) is 5.69 Å². The van der Waals surface area contributed by atoms with Gasteiger partial charge in [0.1, 0.15) is 12.2 Å². The highest BCUT2D eigenvalue weighted by molar-refractivity contribution is 6.30. The molecule has 2 aromatic heterocycles. The summed E-state index contributed by atoms with van der Waals surface area (Å²) in [5, 5.41) is 18.2. The van der Waals surface area contributed by atoms with E-state index < -0.39 is 10.5 Å². The second kappa shape index (κ2) is 11.2. The van der Waals surface area contributed by atoms with E-state index in [-0.39, 0.29) is 29.6 Å². The summed E-state index contributed by atoms with van der Waals surface area (Å²) in [5.41, 5.74) is 1.41. The van der Waals surface area contributed by atoms with E-state index in [1.54, 1.807) is 54.6 Å². The molecule has 0 amide bonds. The molecule has 2 heterocycles. The fraction of sp³-hybridized carbons (Fsp3) is 0.0645. The van der Waals surface area contributed by atoms with Gasteiger partial charge >= 0.3 is 5.69 Å². The Balaban J connectivity index is 1.43. The van der Waals surface area contributed by atoms with Crippen molar-refractivity contribution in [2.75, 3.05) is 7.11 Å². The lowest BCUT2D eigenvalue weighted by Gasteiger charge is -2.12. The van der Waals surface area contributed by atoms with Crippen LogP contribution in [0.25, 0.3) is 33.5 Å². The second-order valence-electron chi connectivity index (χ2n) is 9.21. The molecular weight excluding hydrogens is 560 g/mol. The average molecular weight is 581 g/mol. The first kappa shape index (κ1) is 26.7. The summed E-state index contributed by atoms with van der Waals surface area (Å²) in [5.74, 6) is 0.601. The molecule has 6 aromatic rings. The summed E-state index contributed by atoms with van der Waals surface area (Å²) in [4.78, 5) is 29.7. The number of furan rings is 1. The molecule has 0 saturated carbocycles. The predicted octanol–water partition coefficient (Wildman–Crippen LogP) is 6.84. The Labute approximate surface area is 243 Å². The van der Waals surface area contributed by atoms with Crippen LogP contribution in [0.5, 0.6) is 11.5 Å². The SMILES string of the molecule is COc1cc(C=Nn2c(-c3cc4ccccc4o3)nc3ccccc3c2=O)cc([N+](=O)[O-])c1OCc1ccc(Cl)cc1. The lowest BCUT2D eigenvalue weighted by Crippen LogP contribution is -2.20. The van der Waals surface area contributed by atoms with E-state index in [2.05, 4.69) is 10.1 Å². The van der Waals surface area contributed by atoms with Crippen molar-refractivity contribution < 1.29 is 18.8 Å². The molecule has 208 valence electrons. The second-order valence-corrected chi connectivity index (χ2v) is 9.64. The number of hydrogen-bond donors (Lipinski definition) is 0. The molecule has 0 atom stereocenters. The van der Waals surface area contributed by atoms with Crippen molar-refractivity contribution >= 4 is 45.4 Å². The van der Waals surface area contributed by atoms with Gasteiger partial charge in [-0.25, -0.2) is 4.98 Å². The summed E-state index contributed by atoms with van der Waals surface area (Å²) in [6.45, 7) is 0.0564. The smallest absolute Gasteiger partial charge is 0.315 e. The van der Waals surface area contributed by atoms with Gasteiger partial charge in [-0.2, -0.15) is 9.78 Å². The minimum absolute atomic E-state index is 0.0397. The van der Waals surface area contributed by atoms with E-state index in [4.69, 9.17) is 25.5 Å². The molecule has 0 fully saturated rings. The number of hydrogen-bond acceptors (Lipinski definition) is 8. The highest BCUT2D eigenvalue weighted by Gasteiger charge is 2.23. The summed E-state index contributed by atoms with van der Waals surface area (Å²) < 4.78 is 18.4. The van der Waals surface area contributed by atoms with Gasteiger partial charge in [-0.3, -0.25) is 14.9 Å². The number of methoxy groups -OCH3 is 1. The number of para-hydroxylation sites is 2. The Morgan fingerprint density at radius 2 is 1.81 bits per heavy atom. The molecule has 0 unspecified atom stereocenters. The van der Waals surface area contributed by atoms with Gasteiger partial charge in [-0.1, -0.05) is 54.1 Å². The fourth-order valence-electron chi connectivity index (χ4n) is 4.46. The number of nitro groups is 1.